The molecule has 130 valence electrons. The van der Waals surface area contributed by atoms with Gasteiger partial charge in [0.15, 0.2) is 11.5 Å². The minimum atomic E-state index is -0.248. The first kappa shape index (κ1) is 19.1. The molecule has 0 aliphatic carbocycles. The molecule has 1 aromatic heterocycles. The third kappa shape index (κ3) is 5.12. The highest BCUT2D eigenvalue weighted by Gasteiger charge is 2.12. The Labute approximate surface area is 157 Å². The van der Waals surface area contributed by atoms with Gasteiger partial charge < -0.3 is 14.2 Å². The maximum atomic E-state index is 11.5. The fraction of sp³-hybridized carbons (Fsp3) is 0.375. The summed E-state index contributed by atoms with van der Waals surface area (Å²) in [6, 6.07) is 3.84. The largest absolute Gasteiger partial charge is 0.493 e. The summed E-state index contributed by atoms with van der Waals surface area (Å²) in [7, 11) is 3.23. The minimum absolute atomic E-state index is 0.213. The van der Waals surface area contributed by atoms with Crippen molar-refractivity contribution in [2.75, 3.05) is 20.8 Å². The summed E-state index contributed by atoms with van der Waals surface area (Å²) >= 11 is 6.69. The van der Waals surface area contributed by atoms with Gasteiger partial charge in [-0.2, -0.15) is 0 Å². The van der Waals surface area contributed by atoms with E-state index in [2.05, 4.69) is 20.9 Å². The first-order valence-corrected chi connectivity index (χ1v) is 9.86. The van der Waals surface area contributed by atoms with Gasteiger partial charge in [0, 0.05) is 15.6 Å². The number of carbonyl (C=O) groups excluding carboxylic acids is 1. The number of rotatable bonds is 8. The van der Waals surface area contributed by atoms with Crippen LogP contribution in [0.3, 0.4) is 0 Å². The van der Waals surface area contributed by atoms with E-state index < -0.39 is 0 Å². The van der Waals surface area contributed by atoms with Crippen LogP contribution in [-0.2, 0) is 21.7 Å². The van der Waals surface area contributed by atoms with Gasteiger partial charge in [-0.05, 0) is 24.6 Å². The number of hydrogen-bond donors (Lipinski definition) is 0. The van der Waals surface area contributed by atoms with Gasteiger partial charge in [0.25, 0.3) is 0 Å². The molecule has 0 radical (unpaired) electrons. The average molecular weight is 432 g/mol. The van der Waals surface area contributed by atoms with E-state index in [1.165, 1.54) is 11.3 Å². The van der Waals surface area contributed by atoms with Crippen molar-refractivity contribution in [2.45, 2.75) is 23.4 Å². The molecule has 0 amide bonds. The van der Waals surface area contributed by atoms with E-state index in [1.54, 1.807) is 32.9 Å². The van der Waals surface area contributed by atoms with E-state index in [1.807, 2.05) is 17.5 Å². The second kappa shape index (κ2) is 9.29. The van der Waals surface area contributed by atoms with E-state index in [-0.39, 0.29) is 12.4 Å². The third-order valence-electron chi connectivity index (χ3n) is 3.07. The van der Waals surface area contributed by atoms with Gasteiger partial charge in [-0.1, -0.05) is 27.7 Å². The van der Waals surface area contributed by atoms with Gasteiger partial charge in [-0.15, -0.1) is 11.3 Å². The first-order valence-electron chi connectivity index (χ1n) is 7.20. The van der Waals surface area contributed by atoms with Gasteiger partial charge in [-0.3, -0.25) is 4.79 Å². The second-order valence-electron chi connectivity index (χ2n) is 4.67. The van der Waals surface area contributed by atoms with Crippen molar-refractivity contribution in [2.24, 2.45) is 0 Å². The Morgan fingerprint density at radius 2 is 2.00 bits per heavy atom. The molecule has 0 unspecified atom stereocenters. The Bertz CT molecular complexity index is 705. The molecule has 0 N–H and O–H groups in total. The zero-order valence-corrected chi connectivity index (χ0v) is 16.8. The number of ether oxygens (including phenoxy) is 3. The van der Waals surface area contributed by atoms with Gasteiger partial charge in [-0.25, -0.2) is 4.98 Å². The molecule has 2 rings (SSSR count). The van der Waals surface area contributed by atoms with Crippen molar-refractivity contribution >= 4 is 45.0 Å². The average Bonchev–Trinajstić information content (AvgIpc) is 3.00. The number of nitrogens with zero attached hydrogens (tertiary/aromatic N) is 1. The van der Waals surface area contributed by atoms with Crippen LogP contribution in [0.4, 0.5) is 0 Å². The van der Waals surface area contributed by atoms with Crippen LogP contribution in [0.25, 0.3) is 0 Å². The number of hydrogen-bond acceptors (Lipinski definition) is 7. The topological polar surface area (TPSA) is 57.7 Å². The maximum absolute atomic E-state index is 11.5. The van der Waals surface area contributed by atoms with E-state index >= 15 is 0 Å². The lowest BCUT2D eigenvalue weighted by atomic mass is 10.2. The molecule has 0 fully saturated rings. The SMILES string of the molecule is CCOC(=O)Cc1csc(SCc2cc(OC)c(OC)cc2Br)n1. The normalized spacial score (nSPS) is 10.5. The molecular weight excluding hydrogens is 414 g/mol. The highest BCUT2D eigenvalue weighted by Crippen LogP contribution is 2.36. The van der Waals surface area contributed by atoms with Crippen LogP contribution in [0.2, 0.25) is 0 Å². The van der Waals surface area contributed by atoms with Crippen LogP contribution in [0.15, 0.2) is 26.3 Å². The van der Waals surface area contributed by atoms with Gasteiger partial charge in [0.1, 0.15) is 4.34 Å². The molecule has 0 saturated carbocycles. The minimum Gasteiger partial charge on any atom is -0.493 e. The maximum Gasteiger partial charge on any atom is 0.311 e. The van der Waals surface area contributed by atoms with E-state index in [9.17, 15) is 4.79 Å². The highest BCUT2D eigenvalue weighted by atomic mass is 79.9. The number of esters is 1. The number of thiazole rings is 1. The van der Waals surface area contributed by atoms with Crippen molar-refractivity contribution in [3.05, 3.63) is 33.2 Å². The standard InChI is InChI=1S/C16H18BrNO4S2/c1-4-22-15(19)6-11-9-24-16(18-11)23-8-10-5-13(20-2)14(21-3)7-12(10)17/h5,7,9H,4,6,8H2,1-3H3. The fourth-order valence-corrected chi connectivity index (χ4v) is 4.43. The van der Waals surface area contributed by atoms with Crippen molar-refractivity contribution in [3.63, 3.8) is 0 Å². The van der Waals surface area contributed by atoms with E-state index in [4.69, 9.17) is 14.2 Å². The molecule has 0 bridgehead atoms. The Balaban J connectivity index is 2.01. The number of benzene rings is 1. The molecule has 1 aromatic carbocycles. The molecule has 0 aliphatic rings. The fourth-order valence-electron chi connectivity index (χ4n) is 1.94. The summed E-state index contributed by atoms with van der Waals surface area (Å²) in [4.78, 5) is 15.9. The lowest BCUT2D eigenvalue weighted by Crippen LogP contribution is -2.07. The van der Waals surface area contributed by atoms with Gasteiger partial charge >= 0.3 is 5.97 Å². The quantitative estimate of drug-likeness (QED) is 0.458. The number of halogens is 1. The van der Waals surface area contributed by atoms with Crippen LogP contribution in [0.1, 0.15) is 18.2 Å². The number of methoxy groups -OCH3 is 2. The molecule has 24 heavy (non-hydrogen) atoms. The Morgan fingerprint density at radius 1 is 1.29 bits per heavy atom. The Hall–Kier alpha value is -1.25. The molecular formula is C16H18BrNO4S2. The lowest BCUT2D eigenvalue weighted by molar-refractivity contribution is -0.142. The molecule has 2 aromatic rings. The third-order valence-corrected chi connectivity index (χ3v) is 5.92. The number of thioether (sulfide) groups is 1. The Kier molecular flexibility index (Phi) is 7.39. The van der Waals surface area contributed by atoms with E-state index in [0.29, 0.717) is 18.1 Å². The molecule has 8 heteroatoms. The van der Waals surface area contributed by atoms with Crippen LogP contribution < -0.4 is 9.47 Å². The monoisotopic (exact) mass is 431 g/mol. The molecule has 1 heterocycles. The predicted molar refractivity (Wildman–Crippen MR) is 99.3 cm³/mol. The first-order chi connectivity index (χ1) is 11.6. The van der Waals surface area contributed by atoms with Crippen molar-refractivity contribution in [1.82, 2.24) is 4.98 Å². The smallest absolute Gasteiger partial charge is 0.311 e. The predicted octanol–water partition coefficient (Wildman–Crippen LogP) is 4.32. The summed E-state index contributed by atoms with van der Waals surface area (Å²) < 4.78 is 17.4. The molecule has 0 spiro atoms. The van der Waals surface area contributed by atoms with Gasteiger partial charge in [0.05, 0.1) is 32.9 Å². The van der Waals surface area contributed by atoms with Gasteiger partial charge in [0.2, 0.25) is 0 Å². The summed E-state index contributed by atoms with van der Waals surface area (Å²) in [5.41, 5.74) is 1.83. The number of carbonyl (C=O) groups is 1. The molecule has 0 aliphatic heterocycles. The Morgan fingerprint density at radius 3 is 2.67 bits per heavy atom. The van der Waals surface area contributed by atoms with Crippen LogP contribution in [0.5, 0.6) is 11.5 Å². The molecule has 5 nitrogen and oxygen atoms in total. The molecule has 0 saturated heterocycles. The zero-order valence-electron chi connectivity index (χ0n) is 13.6. The summed E-state index contributed by atoms with van der Waals surface area (Å²) in [6.07, 6.45) is 0.213. The van der Waals surface area contributed by atoms with Crippen molar-refractivity contribution in [1.29, 1.82) is 0 Å². The summed E-state index contributed by atoms with van der Waals surface area (Å²) in [5.74, 6) is 1.86. The zero-order chi connectivity index (χ0) is 17.5. The summed E-state index contributed by atoms with van der Waals surface area (Å²) in [5, 5.41) is 1.89. The second-order valence-corrected chi connectivity index (χ2v) is 7.61. The number of aromatic nitrogens is 1. The van der Waals surface area contributed by atoms with Crippen molar-refractivity contribution < 1.29 is 19.0 Å². The van der Waals surface area contributed by atoms with E-state index in [0.717, 1.165) is 25.8 Å². The van der Waals surface area contributed by atoms with Crippen molar-refractivity contribution in [3.8, 4) is 11.5 Å². The molecule has 0 atom stereocenters. The highest BCUT2D eigenvalue weighted by molar-refractivity contribution is 9.10. The van der Waals surface area contributed by atoms with Crippen LogP contribution >= 0.6 is 39.0 Å². The van der Waals surface area contributed by atoms with Crippen LogP contribution in [0, 0.1) is 0 Å². The van der Waals surface area contributed by atoms with Crippen LogP contribution in [-0.4, -0.2) is 31.8 Å². The summed E-state index contributed by atoms with van der Waals surface area (Å²) in [6.45, 7) is 2.18. The lowest BCUT2D eigenvalue weighted by Gasteiger charge is -2.11.